The largest absolute Gasteiger partial charge is 0.494 e. The maximum atomic E-state index is 12.6. The number of nitrogens with one attached hydrogen (secondary N) is 1. The number of carbonyl (C=O) groups excluding carboxylic acids is 1. The third kappa shape index (κ3) is 3.93. The summed E-state index contributed by atoms with van der Waals surface area (Å²) < 4.78 is 17.8. The topological polar surface area (TPSA) is 93.2 Å². The van der Waals surface area contributed by atoms with Crippen molar-refractivity contribution >= 4 is 32.7 Å². The van der Waals surface area contributed by atoms with Gasteiger partial charge in [-0.2, -0.15) is 0 Å². The molecule has 1 atom stereocenters. The number of nitrogens with zero attached hydrogens (tertiary/aromatic N) is 2. The summed E-state index contributed by atoms with van der Waals surface area (Å²) in [6.07, 6.45) is 0.976. The lowest BCUT2D eigenvalue weighted by Crippen LogP contribution is -2.46. The Bertz CT molecular complexity index is 853. The zero-order valence-electron chi connectivity index (χ0n) is 16.1. The highest BCUT2D eigenvalue weighted by Gasteiger charge is 2.30. The molecule has 8 nitrogen and oxygen atoms in total. The summed E-state index contributed by atoms with van der Waals surface area (Å²) in [4.78, 5) is 18.9. The standard InChI is InChI=1S/C19H25N3O5S/c1-19(24)5-7-22(8-6-19)18(23)21-17-20-15-13(25-2)4-3-12(16(15)28-17)14-11-26-9-10-27-14/h3-4,14,24H,5-11H2,1-2H3,(H,20,21,23). The molecule has 1 aromatic carbocycles. The molecule has 2 amide bonds. The van der Waals surface area contributed by atoms with Gasteiger partial charge in [0.15, 0.2) is 5.13 Å². The van der Waals surface area contributed by atoms with Gasteiger partial charge in [0.2, 0.25) is 0 Å². The van der Waals surface area contributed by atoms with Crippen LogP contribution in [0.25, 0.3) is 10.2 Å². The number of piperidine rings is 1. The first-order valence-electron chi connectivity index (χ1n) is 9.42. The van der Waals surface area contributed by atoms with Crippen LogP contribution in [0.5, 0.6) is 5.75 Å². The molecule has 0 aliphatic carbocycles. The number of benzene rings is 1. The van der Waals surface area contributed by atoms with Crippen LogP contribution in [-0.4, -0.2) is 66.6 Å². The number of amides is 2. The van der Waals surface area contributed by atoms with Gasteiger partial charge in [-0.15, -0.1) is 0 Å². The Balaban J connectivity index is 1.57. The lowest BCUT2D eigenvalue weighted by molar-refractivity contribution is -0.0895. The fourth-order valence-corrected chi connectivity index (χ4v) is 4.53. The Morgan fingerprint density at radius 2 is 2.18 bits per heavy atom. The third-order valence-electron chi connectivity index (χ3n) is 5.26. The molecule has 1 aromatic heterocycles. The predicted molar refractivity (Wildman–Crippen MR) is 106 cm³/mol. The summed E-state index contributed by atoms with van der Waals surface area (Å²) in [5.74, 6) is 0.654. The van der Waals surface area contributed by atoms with Gasteiger partial charge < -0.3 is 24.2 Å². The summed E-state index contributed by atoms with van der Waals surface area (Å²) in [6, 6.07) is 3.64. The van der Waals surface area contributed by atoms with Crippen molar-refractivity contribution < 1.29 is 24.1 Å². The molecule has 0 bridgehead atoms. The third-order valence-corrected chi connectivity index (χ3v) is 6.28. The van der Waals surface area contributed by atoms with E-state index in [0.717, 1.165) is 10.3 Å². The van der Waals surface area contributed by atoms with Crippen molar-refractivity contribution in [1.82, 2.24) is 9.88 Å². The molecular weight excluding hydrogens is 382 g/mol. The zero-order valence-corrected chi connectivity index (χ0v) is 16.9. The average molecular weight is 407 g/mol. The number of thiazole rings is 1. The van der Waals surface area contributed by atoms with Gasteiger partial charge in [-0.25, -0.2) is 9.78 Å². The number of aromatic nitrogens is 1. The van der Waals surface area contributed by atoms with E-state index < -0.39 is 5.60 Å². The van der Waals surface area contributed by atoms with Gasteiger partial charge >= 0.3 is 6.03 Å². The first-order chi connectivity index (χ1) is 13.5. The SMILES string of the molecule is COc1ccc(C2COCCO2)c2sc(NC(=O)N3CCC(C)(O)CC3)nc12. The minimum absolute atomic E-state index is 0.157. The summed E-state index contributed by atoms with van der Waals surface area (Å²) in [7, 11) is 1.60. The van der Waals surface area contributed by atoms with E-state index in [9.17, 15) is 9.90 Å². The number of ether oxygens (including phenoxy) is 3. The maximum absolute atomic E-state index is 12.6. The molecule has 2 N–H and O–H groups in total. The first kappa shape index (κ1) is 19.4. The molecule has 1 unspecified atom stereocenters. The summed E-state index contributed by atoms with van der Waals surface area (Å²) in [6.45, 7) is 4.49. The number of methoxy groups -OCH3 is 1. The first-order valence-corrected chi connectivity index (χ1v) is 10.2. The molecular formula is C19H25N3O5S. The van der Waals surface area contributed by atoms with Crippen LogP contribution in [0.4, 0.5) is 9.93 Å². The van der Waals surface area contributed by atoms with Crippen molar-refractivity contribution in [2.24, 2.45) is 0 Å². The molecule has 2 fully saturated rings. The molecule has 0 radical (unpaired) electrons. The minimum Gasteiger partial charge on any atom is -0.494 e. The lowest BCUT2D eigenvalue weighted by Gasteiger charge is -2.35. The number of likely N-dealkylation sites (tertiary alicyclic amines) is 1. The smallest absolute Gasteiger partial charge is 0.323 e. The molecule has 0 saturated carbocycles. The molecule has 4 rings (SSSR count). The van der Waals surface area contributed by atoms with Crippen LogP contribution < -0.4 is 10.1 Å². The number of rotatable bonds is 3. The summed E-state index contributed by atoms with van der Waals surface area (Å²) in [5, 5.41) is 13.5. The summed E-state index contributed by atoms with van der Waals surface area (Å²) in [5.41, 5.74) is 0.996. The van der Waals surface area contributed by atoms with Gasteiger partial charge in [0, 0.05) is 18.7 Å². The normalized spacial score (nSPS) is 22.2. The van der Waals surface area contributed by atoms with E-state index in [2.05, 4.69) is 10.3 Å². The fourth-order valence-electron chi connectivity index (χ4n) is 3.50. The number of hydrogen-bond acceptors (Lipinski definition) is 7. The average Bonchev–Trinajstić information content (AvgIpc) is 3.11. The van der Waals surface area contributed by atoms with E-state index in [0.29, 0.717) is 62.1 Å². The molecule has 0 spiro atoms. The van der Waals surface area contributed by atoms with Crippen LogP contribution in [0, 0.1) is 0 Å². The Morgan fingerprint density at radius 1 is 1.39 bits per heavy atom. The van der Waals surface area contributed by atoms with E-state index >= 15 is 0 Å². The number of hydrogen-bond donors (Lipinski definition) is 2. The van der Waals surface area contributed by atoms with E-state index in [4.69, 9.17) is 14.2 Å². The molecule has 152 valence electrons. The van der Waals surface area contributed by atoms with Crippen molar-refractivity contribution in [2.45, 2.75) is 31.5 Å². The Morgan fingerprint density at radius 3 is 2.86 bits per heavy atom. The Labute approximate surface area is 167 Å². The second kappa shape index (κ2) is 7.82. The van der Waals surface area contributed by atoms with Crippen molar-refractivity contribution in [2.75, 3.05) is 45.3 Å². The van der Waals surface area contributed by atoms with E-state index in [1.54, 1.807) is 18.9 Å². The van der Waals surface area contributed by atoms with Crippen LogP contribution in [0.15, 0.2) is 12.1 Å². The Hall–Kier alpha value is -1.94. The second-order valence-corrected chi connectivity index (χ2v) is 8.40. The predicted octanol–water partition coefficient (Wildman–Crippen LogP) is 2.77. The highest BCUT2D eigenvalue weighted by Crippen LogP contribution is 2.39. The minimum atomic E-state index is -0.697. The summed E-state index contributed by atoms with van der Waals surface area (Å²) >= 11 is 1.40. The maximum Gasteiger partial charge on any atom is 0.323 e. The second-order valence-electron chi connectivity index (χ2n) is 7.40. The van der Waals surface area contributed by atoms with Crippen LogP contribution in [-0.2, 0) is 9.47 Å². The van der Waals surface area contributed by atoms with Gasteiger partial charge in [0.05, 0.1) is 37.2 Å². The van der Waals surface area contributed by atoms with Crippen LogP contribution >= 0.6 is 11.3 Å². The van der Waals surface area contributed by atoms with Crippen LogP contribution in [0.3, 0.4) is 0 Å². The van der Waals surface area contributed by atoms with Crippen molar-refractivity contribution in [3.63, 3.8) is 0 Å². The van der Waals surface area contributed by atoms with Gasteiger partial charge in [0.25, 0.3) is 0 Å². The van der Waals surface area contributed by atoms with Crippen molar-refractivity contribution in [3.8, 4) is 5.75 Å². The van der Waals surface area contributed by atoms with Gasteiger partial charge in [-0.3, -0.25) is 5.32 Å². The zero-order chi connectivity index (χ0) is 19.7. The fraction of sp³-hybridized carbons (Fsp3) is 0.579. The number of anilines is 1. The lowest BCUT2D eigenvalue weighted by atomic mass is 9.94. The van der Waals surface area contributed by atoms with E-state index in [1.807, 2.05) is 12.1 Å². The van der Waals surface area contributed by atoms with Gasteiger partial charge in [0.1, 0.15) is 17.4 Å². The van der Waals surface area contributed by atoms with Gasteiger partial charge in [-0.05, 0) is 25.8 Å². The van der Waals surface area contributed by atoms with E-state index in [1.165, 1.54) is 11.3 Å². The number of fused-ring (bicyclic) bond motifs is 1. The quantitative estimate of drug-likeness (QED) is 0.813. The molecule has 3 heterocycles. The molecule has 2 aromatic rings. The van der Waals surface area contributed by atoms with E-state index in [-0.39, 0.29) is 12.1 Å². The van der Waals surface area contributed by atoms with Crippen molar-refractivity contribution in [3.05, 3.63) is 17.7 Å². The molecule has 2 saturated heterocycles. The highest BCUT2D eigenvalue weighted by atomic mass is 32.1. The van der Waals surface area contributed by atoms with Gasteiger partial charge in [-0.1, -0.05) is 17.4 Å². The van der Waals surface area contributed by atoms with Crippen LogP contribution in [0.1, 0.15) is 31.4 Å². The van der Waals surface area contributed by atoms with Crippen LogP contribution in [0.2, 0.25) is 0 Å². The highest BCUT2D eigenvalue weighted by molar-refractivity contribution is 7.22. The monoisotopic (exact) mass is 407 g/mol. The Kier molecular flexibility index (Phi) is 5.42. The number of urea groups is 1. The van der Waals surface area contributed by atoms with Crippen molar-refractivity contribution in [1.29, 1.82) is 0 Å². The number of aliphatic hydroxyl groups is 1. The molecule has 2 aliphatic rings. The number of carbonyl (C=O) groups is 1. The molecule has 2 aliphatic heterocycles. The molecule has 9 heteroatoms. The molecule has 28 heavy (non-hydrogen) atoms.